The third kappa shape index (κ3) is 4.01. The van der Waals surface area contributed by atoms with Crippen molar-refractivity contribution < 1.29 is 18.9 Å². The average Bonchev–Trinajstić information content (AvgIpc) is 2.48. The summed E-state index contributed by atoms with van der Waals surface area (Å²) in [6.07, 6.45) is 11.1. The number of hydrogen-bond donors (Lipinski definition) is 0. The van der Waals surface area contributed by atoms with E-state index in [1.54, 1.807) is 0 Å². The molecule has 0 aliphatic heterocycles. The summed E-state index contributed by atoms with van der Waals surface area (Å²) in [6, 6.07) is 0. The molecule has 1 heteroatoms. The molecule has 0 heterocycles. The molecule has 0 aromatic carbocycles. The number of unbranched alkanes of at least 4 members (excludes halogenated alkanes) is 1. The predicted molar refractivity (Wildman–Crippen MR) is 50.3 cm³/mol. The third-order valence-corrected chi connectivity index (χ3v) is 2.91. The summed E-state index contributed by atoms with van der Waals surface area (Å²) in [5.74, 6) is 1.93. The van der Waals surface area contributed by atoms with Gasteiger partial charge >= 0.3 is 18.9 Å². The van der Waals surface area contributed by atoms with E-state index in [0.29, 0.717) is 0 Å². The molecule has 0 saturated heterocycles. The first kappa shape index (κ1) is 12.6. The van der Waals surface area contributed by atoms with E-state index < -0.39 is 0 Å². The van der Waals surface area contributed by atoms with Gasteiger partial charge in [0.25, 0.3) is 0 Å². The van der Waals surface area contributed by atoms with Crippen LogP contribution in [-0.4, -0.2) is 0 Å². The van der Waals surface area contributed by atoms with E-state index in [1.165, 1.54) is 38.5 Å². The van der Waals surface area contributed by atoms with Gasteiger partial charge in [0.2, 0.25) is 0 Å². The Kier molecular flexibility index (Phi) is 7.40. The molecule has 2 atom stereocenters. The SMILES string of the molecule is CCCCC1[CH-]C(CC)CC1.[Li+]. The molecule has 0 amide bonds. The molecule has 0 aromatic heterocycles. The number of hydrogen-bond acceptors (Lipinski definition) is 0. The minimum absolute atomic E-state index is 0. The van der Waals surface area contributed by atoms with Gasteiger partial charge in [0.1, 0.15) is 0 Å². The minimum atomic E-state index is 0. The van der Waals surface area contributed by atoms with Crippen molar-refractivity contribution in [2.75, 3.05) is 0 Å². The van der Waals surface area contributed by atoms with Crippen LogP contribution in [-0.2, 0) is 0 Å². The van der Waals surface area contributed by atoms with E-state index in [0.717, 1.165) is 11.8 Å². The maximum absolute atomic E-state index is 2.61. The summed E-state index contributed by atoms with van der Waals surface area (Å²) in [4.78, 5) is 0. The zero-order valence-corrected chi connectivity index (χ0v) is 8.97. The average molecular weight is 160 g/mol. The van der Waals surface area contributed by atoms with Gasteiger partial charge in [0, 0.05) is 0 Å². The molecule has 0 bridgehead atoms. The van der Waals surface area contributed by atoms with Gasteiger partial charge in [0.05, 0.1) is 0 Å². The molecule has 0 nitrogen and oxygen atoms in total. The molecule has 0 N–H and O–H groups in total. The monoisotopic (exact) mass is 160 g/mol. The quantitative estimate of drug-likeness (QED) is 0.422. The Hall–Kier alpha value is 0.597. The van der Waals surface area contributed by atoms with Gasteiger partial charge in [-0.25, -0.2) is 0 Å². The molecular weight excluding hydrogens is 139 g/mol. The first-order valence-electron chi connectivity index (χ1n) is 5.21. The molecular formula is C11H21Li. The zero-order valence-electron chi connectivity index (χ0n) is 8.97. The second-order valence-corrected chi connectivity index (χ2v) is 3.84. The fourth-order valence-corrected chi connectivity index (χ4v) is 2.05. The van der Waals surface area contributed by atoms with Crippen LogP contribution < -0.4 is 18.9 Å². The maximum atomic E-state index is 2.61. The predicted octanol–water partition coefficient (Wildman–Crippen LogP) is 0.821. The van der Waals surface area contributed by atoms with Crippen LogP contribution in [0.1, 0.15) is 52.4 Å². The molecule has 12 heavy (non-hydrogen) atoms. The second kappa shape index (κ2) is 7.04. The summed E-state index contributed by atoms with van der Waals surface area (Å²) < 4.78 is 0. The van der Waals surface area contributed by atoms with Gasteiger partial charge in [-0.1, -0.05) is 52.4 Å². The van der Waals surface area contributed by atoms with Crippen LogP contribution in [0.15, 0.2) is 0 Å². The maximum Gasteiger partial charge on any atom is 1.00 e. The Bertz CT molecular complexity index is 101. The smallest absolute Gasteiger partial charge is 0.322 e. The Labute approximate surface area is 89.7 Å². The summed E-state index contributed by atoms with van der Waals surface area (Å²) in [6.45, 7) is 4.59. The summed E-state index contributed by atoms with van der Waals surface area (Å²) in [7, 11) is 0. The van der Waals surface area contributed by atoms with Gasteiger partial charge in [-0.15, -0.1) is 0 Å². The molecule has 1 aliphatic rings. The molecule has 66 valence electrons. The standard InChI is InChI=1S/C11H21.Li/c1-3-5-6-11-8-7-10(4-2)9-11;/h9-11H,3-8H2,1-2H3;/q-1;+1. The van der Waals surface area contributed by atoms with Crippen LogP contribution in [0, 0.1) is 18.3 Å². The van der Waals surface area contributed by atoms with Gasteiger partial charge in [0.15, 0.2) is 0 Å². The molecule has 1 fully saturated rings. The number of rotatable bonds is 4. The van der Waals surface area contributed by atoms with E-state index in [-0.39, 0.29) is 18.9 Å². The molecule has 2 unspecified atom stereocenters. The fourth-order valence-electron chi connectivity index (χ4n) is 2.05. The molecule has 0 radical (unpaired) electrons. The molecule has 1 aliphatic carbocycles. The van der Waals surface area contributed by atoms with Crippen molar-refractivity contribution in [3.63, 3.8) is 0 Å². The molecule has 1 saturated carbocycles. The van der Waals surface area contributed by atoms with Gasteiger partial charge < -0.3 is 6.42 Å². The van der Waals surface area contributed by atoms with Gasteiger partial charge in [-0.05, 0) is 0 Å². The van der Waals surface area contributed by atoms with Crippen molar-refractivity contribution in [1.29, 1.82) is 0 Å². The van der Waals surface area contributed by atoms with Crippen LogP contribution >= 0.6 is 0 Å². The normalized spacial score (nSPS) is 28.5. The van der Waals surface area contributed by atoms with E-state index in [1.807, 2.05) is 0 Å². The minimum Gasteiger partial charge on any atom is -0.322 e. The van der Waals surface area contributed by atoms with E-state index in [4.69, 9.17) is 0 Å². The molecule has 0 aromatic rings. The zero-order chi connectivity index (χ0) is 8.10. The van der Waals surface area contributed by atoms with Gasteiger partial charge in [-0.3, -0.25) is 0 Å². The van der Waals surface area contributed by atoms with E-state index >= 15 is 0 Å². The summed E-state index contributed by atoms with van der Waals surface area (Å²) in [5.41, 5.74) is 0. The van der Waals surface area contributed by atoms with Crippen molar-refractivity contribution in [2.24, 2.45) is 11.8 Å². The Morgan fingerprint density at radius 3 is 2.33 bits per heavy atom. The first-order chi connectivity index (χ1) is 5.36. The first-order valence-corrected chi connectivity index (χ1v) is 5.21. The topological polar surface area (TPSA) is 0 Å². The Morgan fingerprint density at radius 2 is 1.83 bits per heavy atom. The largest absolute Gasteiger partial charge is 1.00 e. The third-order valence-electron chi connectivity index (χ3n) is 2.91. The van der Waals surface area contributed by atoms with Crippen LogP contribution in [0.25, 0.3) is 0 Å². The van der Waals surface area contributed by atoms with Gasteiger partial charge in [-0.2, -0.15) is 11.8 Å². The van der Waals surface area contributed by atoms with Crippen molar-refractivity contribution >= 4 is 0 Å². The van der Waals surface area contributed by atoms with E-state index in [2.05, 4.69) is 20.3 Å². The van der Waals surface area contributed by atoms with Crippen LogP contribution in [0.3, 0.4) is 0 Å². The summed E-state index contributed by atoms with van der Waals surface area (Å²) in [5, 5.41) is 0. The van der Waals surface area contributed by atoms with Crippen molar-refractivity contribution in [3.05, 3.63) is 6.42 Å². The van der Waals surface area contributed by atoms with Crippen molar-refractivity contribution in [1.82, 2.24) is 0 Å². The van der Waals surface area contributed by atoms with Crippen LogP contribution in [0.2, 0.25) is 0 Å². The Morgan fingerprint density at radius 1 is 1.17 bits per heavy atom. The van der Waals surface area contributed by atoms with Crippen LogP contribution in [0.5, 0.6) is 0 Å². The molecule has 0 spiro atoms. The summed E-state index contributed by atoms with van der Waals surface area (Å²) >= 11 is 0. The Balaban J connectivity index is 0.00000121. The van der Waals surface area contributed by atoms with E-state index in [9.17, 15) is 0 Å². The van der Waals surface area contributed by atoms with Crippen molar-refractivity contribution in [2.45, 2.75) is 52.4 Å². The van der Waals surface area contributed by atoms with Crippen molar-refractivity contribution in [3.8, 4) is 0 Å². The second-order valence-electron chi connectivity index (χ2n) is 3.84. The van der Waals surface area contributed by atoms with Crippen LogP contribution in [0.4, 0.5) is 0 Å². The fraction of sp³-hybridized carbons (Fsp3) is 0.909. The molecule has 1 rings (SSSR count).